The highest BCUT2D eigenvalue weighted by Gasteiger charge is 2.42. The van der Waals surface area contributed by atoms with Crippen molar-refractivity contribution in [2.24, 2.45) is 0 Å². The molecule has 0 aromatic heterocycles. The number of aryl methyl sites for hydroxylation is 4. The van der Waals surface area contributed by atoms with Crippen LogP contribution in [0.2, 0.25) is 0 Å². The first-order chi connectivity index (χ1) is 17.1. The number of esters is 1. The van der Waals surface area contributed by atoms with Crippen molar-refractivity contribution in [2.45, 2.75) is 72.8 Å². The van der Waals surface area contributed by atoms with Gasteiger partial charge < -0.3 is 4.74 Å². The van der Waals surface area contributed by atoms with Crippen LogP contribution in [0.15, 0.2) is 66.7 Å². The van der Waals surface area contributed by atoms with Crippen molar-refractivity contribution in [3.05, 3.63) is 94.5 Å². The van der Waals surface area contributed by atoms with Gasteiger partial charge in [0.25, 0.3) is 0 Å². The summed E-state index contributed by atoms with van der Waals surface area (Å²) in [7, 11) is -3.38. The molecule has 0 saturated heterocycles. The number of ether oxygens (including phenoxy) is 1. The highest BCUT2D eigenvalue weighted by atomic mass is 31.2. The van der Waals surface area contributed by atoms with Crippen LogP contribution in [0.4, 0.5) is 0 Å². The molecule has 1 atom stereocenters. The van der Waals surface area contributed by atoms with Crippen LogP contribution < -0.4 is 15.7 Å². The minimum absolute atomic E-state index is 0.0941. The smallest absolute Gasteiger partial charge is 0.308 e. The lowest BCUT2D eigenvalue weighted by Gasteiger charge is -2.38. The number of hydrogen-bond acceptors (Lipinski definition) is 3. The maximum absolute atomic E-state index is 15.4. The van der Waals surface area contributed by atoms with Crippen molar-refractivity contribution in [3.8, 4) is 0 Å². The van der Waals surface area contributed by atoms with Crippen LogP contribution in [0, 0.1) is 27.7 Å². The van der Waals surface area contributed by atoms with Gasteiger partial charge in [-0.2, -0.15) is 0 Å². The monoisotopic (exact) mass is 505 g/mol. The van der Waals surface area contributed by atoms with E-state index in [0.29, 0.717) is 13.0 Å². The molecule has 4 nitrogen and oxygen atoms in total. The minimum Gasteiger partial charge on any atom is -0.466 e. The van der Waals surface area contributed by atoms with E-state index in [1.165, 1.54) is 0 Å². The van der Waals surface area contributed by atoms with E-state index in [2.05, 4.69) is 24.1 Å². The Kier molecular flexibility index (Phi) is 9.33. The molecule has 3 aromatic rings. The summed E-state index contributed by atoms with van der Waals surface area (Å²) >= 11 is 0. The molecule has 0 radical (unpaired) electrons. The van der Waals surface area contributed by atoms with Crippen LogP contribution in [-0.4, -0.2) is 12.6 Å². The van der Waals surface area contributed by atoms with Gasteiger partial charge in [-0.25, -0.2) is 5.09 Å². The number of hydrogen-bond donors (Lipinski definition) is 1. The zero-order chi connectivity index (χ0) is 26.3. The van der Waals surface area contributed by atoms with Gasteiger partial charge in [0.2, 0.25) is 7.29 Å². The van der Waals surface area contributed by atoms with Gasteiger partial charge in [-0.1, -0.05) is 85.0 Å². The first-order valence-electron chi connectivity index (χ1n) is 12.9. The molecule has 3 aromatic carbocycles. The summed E-state index contributed by atoms with van der Waals surface area (Å²) in [6, 6.07) is 22.1. The molecule has 0 saturated carbocycles. The van der Waals surface area contributed by atoms with Crippen LogP contribution >= 0.6 is 7.29 Å². The van der Waals surface area contributed by atoms with Gasteiger partial charge in [-0.15, -0.1) is 0 Å². The fourth-order valence-electron chi connectivity index (χ4n) is 4.84. The lowest BCUT2D eigenvalue weighted by molar-refractivity contribution is -0.145. The van der Waals surface area contributed by atoms with Gasteiger partial charge in [-0.05, 0) is 70.4 Å². The second-order valence-electron chi connectivity index (χ2n) is 9.97. The number of carbonyl (C=O) groups is 1. The Hall–Kier alpha value is -2.68. The topological polar surface area (TPSA) is 55.4 Å². The summed E-state index contributed by atoms with van der Waals surface area (Å²) in [5.74, 6) is -0.283. The van der Waals surface area contributed by atoms with Crippen LogP contribution in [0.1, 0.15) is 67.3 Å². The molecule has 36 heavy (non-hydrogen) atoms. The van der Waals surface area contributed by atoms with E-state index in [9.17, 15) is 4.79 Å². The van der Waals surface area contributed by atoms with Crippen molar-refractivity contribution in [1.29, 1.82) is 0 Å². The maximum atomic E-state index is 15.4. The lowest BCUT2D eigenvalue weighted by atomic mass is 9.85. The Morgan fingerprint density at radius 2 is 1.33 bits per heavy atom. The fourth-order valence-corrected chi connectivity index (χ4v) is 7.91. The first kappa shape index (κ1) is 27.9. The predicted octanol–water partition coefficient (Wildman–Crippen LogP) is 6.78. The predicted molar refractivity (Wildman–Crippen MR) is 151 cm³/mol. The molecule has 0 aliphatic rings. The molecule has 0 fully saturated rings. The van der Waals surface area contributed by atoms with Gasteiger partial charge >= 0.3 is 5.97 Å². The van der Waals surface area contributed by atoms with Crippen molar-refractivity contribution in [3.63, 3.8) is 0 Å². The number of rotatable bonds is 11. The lowest BCUT2D eigenvalue weighted by Crippen LogP contribution is -2.46. The van der Waals surface area contributed by atoms with E-state index in [0.717, 1.165) is 51.3 Å². The molecule has 0 spiro atoms. The summed E-state index contributed by atoms with van der Waals surface area (Å²) < 4.78 is 20.9. The Morgan fingerprint density at radius 3 is 1.78 bits per heavy atom. The highest BCUT2D eigenvalue weighted by Crippen LogP contribution is 2.47. The third kappa shape index (κ3) is 6.55. The molecule has 192 valence electrons. The average molecular weight is 506 g/mol. The van der Waals surface area contributed by atoms with E-state index in [-0.39, 0.29) is 12.4 Å². The Morgan fingerprint density at radius 1 is 0.833 bits per heavy atom. The van der Waals surface area contributed by atoms with Crippen molar-refractivity contribution >= 4 is 23.9 Å². The second kappa shape index (κ2) is 12.0. The standard InChI is InChI=1S/C31H40NO3P/c1-7-9-15-35-30(33)22-31(8-2,27-13-11-10-12-14-27)32-36(34,28-18-23(3)16-24(4)19-28)29-20-25(5)17-26(6)21-29/h10-14,16-21H,7-9,15,22H2,1-6H3,(H,32,34). The van der Waals surface area contributed by atoms with E-state index in [1.807, 2.05) is 89.2 Å². The number of nitrogens with one attached hydrogen (secondary N) is 1. The van der Waals surface area contributed by atoms with E-state index in [1.54, 1.807) is 0 Å². The van der Waals surface area contributed by atoms with Crippen LogP contribution in [0.3, 0.4) is 0 Å². The molecular weight excluding hydrogens is 465 g/mol. The van der Waals surface area contributed by atoms with Crippen molar-refractivity contribution < 1.29 is 14.1 Å². The Balaban J connectivity index is 2.21. The first-order valence-corrected chi connectivity index (χ1v) is 14.6. The number of benzene rings is 3. The average Bonchev–Trinajstić information content (AvgIpc) is 2.83. The van der Waals surface area contributed by atoms with Gasteiger partial charge in [0.05, 0.1) is 18.6 Å². The summed E-state index contributed by atoms with van der Waals surface area (Å²) in [4.78, 5) is 13.1. The van der Waals surface area contributed by atoms with Crippen LogP contribution in [-0.2, 0) is 19.6 Å². The summed E-state index contributed by atoms with van der Waals surface area (Å²) in [5.41, 5.74) is 4.27. The highest BCUT2D eigenvalue weighted by molar-refractivity contribution is 7.77. The molecule has 0 amide bonds. The summed E-state index contributed by atoms with van der Waals surface area (Å²) in [5, 5.41) is 5.12. The molecule has 1 unspecified atom stereocenters. The zero-order valence-corrected chi connectivity index (χ0v) is 23.5. The summed E-state index contributed by atoms with van der Waals surface area (Å²) in [6.07, 6.45) is 2.45. The normalized spacial score (nSPS) is 13.3. The molecule has 3 rings (SSSR count). The van der Waals surface area contributed by atoms with Gasteiger partial charge in [0, 0.05) is 10.6 Å². The molecule has 0 heterocycles. The van der Waals surface area contributed by atoms with Gasteiger partial charge in [-0.3, -0.25) is 9.36 Å². The van der Waals surface area contributed by atoms with Crippen LogP contribution in [0.25, 0.3) is 0 Å². The van der Waals surface area contributed by atoms with E-state index >= 15 is 4.57 Å². The third-order valence-corrected chi connectivity index (χ3v) is 9.36. The molecule has 0 aliphatic carbocycles. The fraction of sp³-hybridized carbons (Fsp3) is 0.387. The van der Waals surface area contributed by atoms with Crippen LogP contribution in [0.5, 0.6) is 0 Å². The van der Waals surface area contributed by atoms with Crippen molar-refractivity contribution in [2.75, 3.05) is 6.61 Å². The quantitative estimate of drug-likeness (QED) is 0.177. The largest absolute Gasteiger partial charge is 0.466 e. The second-order valence-corrected chi connectivity index (χ2v) is 12.4. The zero-order valence-electron chi connectivity index (χ0n) is 22.6. The summed E-state index contributed by atoms with van der Waals surface area (Å²) in [6.45, 7) is 12.6. The van der Waals surface area contributed by atoms with E-state index < -0.39 is 12.8 Å². The molecule has 5 heteroatoms. The Labute approximate surface area is 216 Å². The third-order valence-electron chi connectivity index (χ3n) is 6.65. The Bertz CT molecular complexity index is 1140. The maximum Gasteiger partial charge on any atom is 0.308 e. The van der Waals surface area contributed by atoms with E-state index in [4.69, 9.17) is 4.74 Å². The number of unbranched alkanes of at least 4 members (excludes halogenated alkanes) is 1. The molecular formula is C31H40NO3P. The number of carbonyl (C=O) groups excluding carboxylic acids is 1. The van der Waals surface area contributed by atoms with Gasteiger partial charge in [0.1, 0.15) is 0 Å². The minimum atomic E-state index is -3.38. The SMILES string of the molecule is CCCCOC(=O)CC(CC)(NP(=O)(c1cc(C)cc(C)c1)c1cc(C)cc(C)c1)c1ccccc1. The van der Waals surface area contributed by atoms with Crippen molar-refractivity contribution in [1.82, 2.24) is 5.09 Å². The molecule has 0 bridgehead atoms. The van der Waals surface area contributed by atoms with Gasteiger partial charge in [0.15, 0.2) is 0 Å². The molecule has 1 N–H and O–H groups in total. The molecule has 0 aliphatic heterocycles.